The highest BCUT2D eigenvalue weighted by Gasteiger charge is 2.40. The topological polar surface area (TPSA) is 75.4 Å². The van der Waals surface area contributed by atoms with Crippen molar-refractivity contribution in [3.8, 4) is 5.75 Å². The van der Waals surface area contributed by atoms with Crippen LogP contribution in [0.5, 0.6) is 5.75 Å². The Labute approximate surface area is 154 Å². The Morgan fingerprint density at radius 1 is 1.31 bits per heavy atom. The second-order valence-electron chi connectivity index (χ2n) is 7.74. The molecule has 6 nitrogen and oxygen atoms in total. The van der Waals surface area contributed by atoms with E-state index in [-0.39, 0.29) is 23.1 Å². The number of hydrogen-bond acceptors (Lipinski definition) is 4. The quantitative estimate of drug-likeness (QED) is 0.820. The summed E-state index contributed by atoms with van der Waals surface area (Å²) in [6.07, 6.45) is 6.68. The third kappa shape index (κ3) is 2.85. The summed E-state index contributed by atoms with van der Waals surface area (Å²) in [5.41, 5.74) is 0.513. The Kier molecular flexibility index (Phi) is 4.95. The maximum absolute atomic E-state index is 12.8. The molecule has 0 bridgehead atoms. The third-order valence-electron chi connectivity index (χ3n) is 6.41. The first-order valence-electron chi connectivity index (χ1n) is 9.62. The molecule has 0 radical (unpaired) electrons. The molecule has 1 aromatic heterocycles. The van der Waals surface area contributed by atoms with E-state index in [1.807, 2.05) is 6.92 Å². The number of aromatic nitrogens is 2. The van der Waals surface area contributed by atoms with Gasteiger partial charge in [0.1, 0.15) is 5.82 Å². The predicted octanol–water partition coefficient (Wildman–Crippen LogP) is 2.88. The third-order valence-corrected chi connectivity index (χ3v) is 6.41. The highest BCUT2D eigenvalue weighted by molar-refractivity contribution is 5.95. The SMILES string of the molecule is C=C(CC)C1(Cc2nc(=O)c(O)c3n2CC(CC)N(C)C3=O)CCCC1. The normalized spacial score (nSPS) is 21.7. The van der Waals surface area contributed by atoms with Crippen LogP contribution in [-0.2, 0) is 13.0 Å². The minimum atomic E-state index is -0.710. The molecule has 3 rings (SSSR count). The summed E-state index contributed by atoms with van der Waals surface area (Å²) < 4.78 is 1.79. The number of amides is 1. The summed E-state index contributed by atoms with van der Waals surface area (Å²) >= 11 is 0. The molecule has 142 valence electrons. The number of fused-ring (bicyclic) bond motifs is 1. The van der Waals surface area contributed by atoms with E-state index in [9.17, 15) is 14.7 Å². The molecule has 0 spiro atoms. The molecule has 1 aliphatic carbocycles. The van der Waals surface area contributed by atoms with Crippen molar-refractivity contribution in [3.63, 3.8) is 0 Å². The maximum atomic E-state index is 12.8. The molecule has 1 atom stereocenters. The van der Waals surface area contributed by atoms with E-state index in [4.69, 9.17) is 0 Å². The number of carbonyl (C=O) groups excluding carboxylic acids is 1. The monoisotopic (exact) mass is 359 g/mol. The zero-order valence-corrected chi connectivity index (χ0v) is 16.0. The molecular formula is C20H29N3O3. The fourth-order valence-electron chi connectivity index (χ4n) is 4.59. The van der Waals surface area contributed by atoms with Crippen LogP contribution in [0.4, 0.5) is 0 Å². The Morgan fingerprint density at radius 2 is 1.96 bits per heavy atom. The average molecular weight is 359 g/mol. The Morgan fingerprint density at radius 3 is 2.54 bits per heavy atom. The van der Waals surface area contributed by atoms with E-state index < -0.39 is 11.3 Å². The van der Waals surface area contributed by atoms with Gasteiger partial charge in [0.05, 0.1) is 0 Å². The van der Waals surface area contributed by atoms with E-state index in [2.05, 4.69) is 18.5 Å². The van der Waals surface area contributed by atoms with Gasteiger partial charge in [0.2, 0.25) is 5.75 Å². The lowest BCUT2D eigenvalue weighted by Crippen LogP contribution is -2.48. The van der Waals surface area contributed by atoms with Gasteiger partial charge in [0, 0.05) is 26.1 Å². The Bertz CT molecular complexity index is 790. The summed E-state index contributed by atoms with van der Waals surface area (Å²) in [5.74, 6) is -0.231. The van der Waals surface area contributed by atoms with Crippen LogP contribution < -0.4 is 5.56 Å². The van der Waals surface area contributed by atoms with Crippen molar-refractivity contribution in [1.82, 2.24) is 14.5 Å². The van der Waals surface area contributed by atoms with Crippen LogP contribution in [0.2, 0.25) is 0 Å². The molecule has 6 heteroatoms. The van der Waals surface area contributed by atoms with Crippen LogP contribution in [0, 0.1) is 5.41 Å². The lowest BCUT2D eigenvalue weighted by molar-refractivity contribution is 0.0636. The van der Waals surface area contributed by atoms with Gasteiger partial charge in [-0.25, -0.2) is 0 Å². The molecule has 1 amide bonds. The molecule has 26 heavy (non-hydrogen) atoms. The zero-order chi connectivity index (χ0) is 19.1. The molecule has 1 fully saturated rings. The van der Waals surface area contributed by atoms with E-state index in [0.29, 0.717) is 18.8 Å². The molecule has 1 saturated carbocycles. The number of aromatic hydroxyl groups is 1. The molecule has 2 aliphatic rings. The smallest absolute Gasteiger partial charge is 0.315 e. The van der Waals surface area contributed by atoms with Gasteiger partial charge in [0.15, 0.2) is 5.69 Å². The Hall–Kier alpha value is -2.11. The average Bonchev–Trinajstić information content (AvgIpc) is 3.10. The van der Waals surface area contributed by atoms with Crippen LogP contribution in [0.3, 0.4) is 0 Å². The molecule has 0 saturated heterocycles. The fraction of sp³-hybridized carbons (Fsp3) is 0.650. The van der Waals surface area contributed by atoms with Crippen LogP contribution in [0.15, 0.2) is 16.9 Å². The zero-order valence-electron chi connectivity index (χ0n) is 16.0. The summed E-state index contributed by atoms with van der Waals surface area (Å²) in [5, 5.41) is 10.2. The summed E-state index contributed by atoms with van der Waals surface area (Å²) in [6.45, 7) is 8.99. The van der Waals surface area contributed by atoms with Crippen molar-refractivity contribution in [2.75, 3.05) is 7.05 Å². The number of carbonyl (C=O) groups is 1. The van der Waals surface area contributed by atoms with Gasteiger partial charge in [0.25, 0.3) is 5.91 Å². The molecule has 1 unspecified atom stereocenters. The van der Waals surface area contributed by atoms with E-state index in [1.165, 1.54) is 5.57 Å². The Balaban J connectivity index is 2.12. The van der Waals surface area contributed by atoms with Crippen molar-refractivity contribution in [2.45, 2.75) is 71.4 Å². The fourth-order valence-corrected chi connectivity index (χ4v) is 4.59. The van der Waals surface area contributed by atoms with Crippen molar-refractivity contribution in [1.29, 1.82) is 0 Å². The van der Waals surface area contributed by atoms with Crippen molar-refractivity contribution >= 4 is 5.91 Å². The van der Waals surface area contributed by atoms with E-state index in [1.54, 1.807) is 16.5 Å². The highest BCUT2D eigenvalue weighted by Crippen LogP contribution is 2.47. The van der Waals surface area contributed by atoms with E-state index >= 15 is 0 Å². The first-order valence-corrected chi connectivity index (χ1v) is 9.62. The first-order chi connectivity index (χ1) is 12.3. The lowest BCUT2D eigenvalue weighted by atomic mass is 9.75. The second kappa shape index (κ2) is 6.89. The van der Waals surface area contributed by atoms with Gasteiger partial charge in [-0.2, -0.15) is 4.98 Å². The minimum Gasteiger partial charge on any atom is -0.501 e. The van der Waals surface area contributed by atoms with Crippen LogP contribution in [-0.4, -0.2) is 38.6 Å². The van der Waals surface area contributed by atoms with Crippen molar-refractivity contribution in [3.05, 3.63) is 34.0 Å². The number of allylic oxidation sites excluding steroid dienone is 1. The summed E-state index contributed by atoms with van der Waals surface area (Å²) in [7, 11) is 1.72. The summed E-state index contributed by atoms with van der Waals surface area (Å²) in [6, 6.07) is 0.0337. The molecule has 0 aromatic carbocycles. The van der Waals surface area contributed by atoms with Gasteiger partial charge in [-0.05, 0) is 31.1 Å². The van der Waals surface area contributed by atoms with Gasteiger partial charge in [-0.1, -0.05) is 38.8 Å². The van der Waals surface area contributed by atoms with Gasteiger partial charge in [-0.3, -0.25) is 9.59 Å². The second-order valence-corrected chi connectivity index (χ2v) is 7.74. The molecule has 2 heterocycles. The minimum absolute atomic E-state index is 0.0337. The predicted molar refractivity (Wildman–Crippen MR) is 100 cm³/mol. The molecule has 1 aromatic rings. The molecule has 1 N–H and O–H groups in total. The van der Waals surface area contributed by atoms with Gasteiger partial charge >= 0.3 is 5.56 Å². The maximum Gasteiger partial charge on any atom is 0.315 e. The lowest BCUT2D eigenvalue weighted by Gasteiger charge is -2.37. The van der Waals surface area contributed by atoms with Gasteiger partial charge < -0.3 is 14.6 Å². The van der Waals surface area contributed by atoms with Crippen molar-refractivity contribution in [2.24, 2.45) is 5.41 Å². The van der Waals surface area contributed by atoms with Crippen LogP contribution >= 0.6 is 0 Å². The molecule has 1 aliphatic heterocycles. The first kappa shape index (κ1) is 18.7. The number of hydrogen-bond donors (Lipinski definition) is 1. The largest absolute Gasteiger partial charge is 0.501 e. The van der Waals surface area contributed by atoms with Gasteiger partial charge in [-0.15, -0.1) is 0 Å². The van der Waals surface area contributed by atoms with Crippen molar-refractivity contribution < 1.29 is 9.90 Å². The number of rotatable bonds is 5. The standard InChI is InChI=1S/C20H29N3O3/c1-5-13(3)20(9-7-8-10-20)11-15-21-18(25)17(24)16-19(26)22(4)14(6-2)12-23(15)16/h14,24H,3,5-12H2,1-2,4H3. The summed E-state index contributed by atoms with van der Waals surface area (Å²) in [4.78, 5) is 30.8. The highest BCUT2D eigenvalue weighted by atomic mass is 16.3. The van der Waals surface area contributed by atoms with Crippen LogP contribution in [0.1, 0.15) is 68.7 Å². The van der Waals surface area contributed by atoms with E-state index in [0.717, 1.165) is 38.5 Å². The number of likely N-dealkylation sites (N-methyl/N-ethyl adjacent to an activating group) is 1. The molecular weight excluding hydrogens is 330 g/mol. The van der Waals surface area contributed by atoms with Crippen LogP contribution in [0.25, 0.3) is 0 Å². The number of nitrogens with zero attached hydrogens (tertiary/aromatic N) is 3.